The number of hydrogen-bond donors (Lipinski definition) is 0. The normalized spacial score (nSPS) is 18.9. The Morgan fingerprint density at radius 2 is 1.96 bits per heavy atom. The molecule has 0 radical (unpaired) electrons. The van der Waals surface area contributed by atoms with E-state index in [0.29, 0.717) is 26.4 Å². The van der Waals surface area contributed by atoms with E-state index in [9.17, 15) is 4.79 Å². The molecule has 1 heterocycles. The van der Waals surface area contributed by atoms with Gasteiger partial charge in [-0.25, -0.2) is 0 Å². The van der Waals surface area contributed by atoms with Gasteiger partial charge >= 0.3 is 0 Å². The van der Waals surface area contributed by atoms with Crippen LogP contribution in [0, 0.1) is 0 Å². The van der Waals surface area contributed by atoms with Crippen LogP contribution in [-0.2, 0) is 27.1 Å². The van der Waals surface area contributed by atoms with Crippen molar-refractivity contribution in [1.82, 2.24) is 0 Å². The van der Waals surface area contributed by atoms with Gasteiger partial charge in [-0.15, -0.1) is 0 Å². The van der Waals surface area contributed by atoms with Crippen molar-refractivity contribution in [3.63, 3.8) is 0 Å². The Bertz CT molecular complexity index is 507. The molecule has 1 fully saturated rings. The summed E-state index contributed by atoms with van der Waals surface area (Å²) in [6.45, 7) is 7.74. The second-order valence-electron chi connectivity index (χ2n) is 5.79. The Labute approximate surface area is 143 Å². The average Bonchev–Trinajstić information content (AvgIpc) is 3.06. The number of para-hydroxylation sites is 1. The van der Waals surface area contributed by atoms with Crippen LogP contribution in [0.4, 0.5) is 5.69 Å². The van der Waals surface area contributed by atoms with Crippen molar-refractivity contribution in [3.8, 4) is 0 Å². The quantitative estimate of drug-likeness (QED) is 0.679. The Morgan fingerprint density at radius 3 is 2.39 bits per heavy atom. The van der Waals surface area contributed by atoms with E-state index in [1.165, 1.54) is 11.1 Å². The molecule has 1 aliphatic rings. The molecule has 2 unspecified atom stereocenters. The van der Waals surface area contributed by atoms with Crippen LogP contribution >= 0.6 is 11.6 Å². The van der Waals surface area contributed by atoms with E-state index in [4.69, 9.17) is 21.1 Å². The van der Waals surface area contributed by atoms with Crippen LogP contribution < -0.4 is 4.90 Å². The second-order valence-corrected chi connectivity index (χ2v) is 6.16. The molecule has 0 amide bonds. The average molecular weight is 340 g/mol. The summed E-state index contributed by atoms with van der Waals surface area (Å²) in [5.41, 5.74) is 3.60. The minimum absolute atomic E-state index is 0.0327. The molecule has 0 aliphatic carbocycles. The number of anilines is 1. The summed E-state index contributed by atoms with van der Waals surface area (Å²) >= 11 is 5.91. The fraction of sp³-hybridized carbons (Fsp3) is 0.611. The molecule has 0 saturated carbocycles. The van der Waals surface area contributed by atoms with Gasteiger partial charge in [-0.2, -0.15) is 0 Å². The van der Waals surface area contributed by atoms with Crippen molar-refractivity contribution in [2.24, 2.45) is 0 Å². The molecule has 4 nitrogen and oxygen atoms in total. The monoisotopic (exact) mass is 339 g/mol. The van der Waals surface area contributed by atoms with Gasteiger partial charge in [0.1, 0.15) is 18.9 Å². The van der Waals surface area contributed by atoms with Crippen LogP contribution in [0.25, 0.3) is 0 Å². The third-order valence-corrected chi connectivity index (χ3v) is 4.62. The van der Waals surface area contributed by atoms with Crippen LogP contribution in [0.5, 0.6) is 0 Å². The lowest BCUT2D eigenvalue weighted by Gasteiger charge is -2.35. The number of hydrogen-bond acceptors (Lipinski definition) is 4. The van der Waals surface area contributed by atoms with Crippen LogP contribution in [0.2, 0.25) is 0 Å². The molecule has 0 spiro atoms. The molecule has 1 aliphatic heterocycles. The predicted molar refractivity (Wildman–Crippen MR) is 93.2 cm³/mol. The number of carbonyl (C=O) groups excluding carboxylic acids is 1. The van der Waals surface area contributed by atoms with Crippen LogP contribution in [-0.4, -0.2) is 37.3 Å². The van der Waals surface area contributed by atoms with E-state index in [-0.39, 0.29) is 17.4 Å². The molecule has 23 heavy (non-hydrogen) atoms. The zero-order chi connectivity index (χ0) is 16.8. The van der Waals surface area contributed by atoms with Gasteiger partial charge in [0, 0.05) is 12.2 Å². The van der Waals surface area contributed by atoms with Gasteiger partial charge in [0.05, 0.1) is 6.61 Å². The van der Waals surface area contributed by atoms with E-state index in [0.717, 1.165) is 18.5 Å². The zero-order valence-electron chi connectivity index (χ0n) is 14.2. The van der Waals surface area contributed by atoms with Crippen LogP contribution in [0.1, 0.15) is 38.3 Å². The van der Waals surface area contributed by atoms with Gasteiger partial charge in [-0.3, -0.25) is 4.79 Å². The second kappa shape index (κ2) is 8.67. The molecule has 2 atom stereocenters. The summed E-state index contributed by atoms with van der Waals surface area (Å²) in [5.74, 6) is 0. The highest BCUT2D eigenvalue weighted by Crippen LogP contribution is 2.31. The molecular formula is C18H26ClNO3. The molecule has 1 aromatic rings. The molecule has 0 aromatic heterocycles. The minimum atomic E-state index is -0.348. The number of rotatable bonds is 8. The smallest absolute Gasteiger partial charge is 0.244 e. The molecule has 5 heteroatoms. The van der Waals surface area contributed by atoms with Gasteiger partial charge < -0.3 is 14.4 Å². The van der Waals surface area contributed by atoms with E-state index in [2.05, 4.69) is 36.9 Å². The summed E-state index contributed by atoms with van der Waals surface area (Å²) in [4.78, 5) is 14.1. The molecule has 128 valence electrons. The largest absolute Gasteiger partial charge is 0.357 e. The molecule has 0 bridgehead atoms. The third-order valence-electron chi connectivity index (χ3n) is 4.37. The van der Waals surface area contributed by atoms with Gasteiger partial charge in [-0.1, -0.05) is 39.0 Å². The number of carbonyl (C=O) groups is 1. The number of ether oxygens (including phenoxy) is 2. The lowest BCUT2D eigenvalue weighted by Crippen LogP contribution is -2.45. The van der Waals surface area contributed by atoms with E-state index in [1.807, 2.05) is 6.92 Å². The first-order valence-corrected chi connectivity index (χ1v) is 8.76. The topological polar surface area (TPSA) is 38.8 Å². The van der Waals surface area contributed by atoms with Crippen molar-refractivity contribution in [3.05, 3.63) is 29.3 Å². The van der Waals surface area contributed by atoms with E-state index in [1.54, 1.807) is 0 Å². The third kappa shape index (κ3) is 4.25. The van der Waals surface area contributed by atoms with Crippen LogP contribution in [0.15, 0.2) is 18.2 Å². The molecule has 1 saturated heterocycles. The Hall–Kier alpha value is -1.10. The number of aryl methyl sites for hydroxylation is 2. The Morgan fingerprint density at radius 1 is 1.30 bits per heavy atom. The van der Waals surface area contributed by atoms with E-state index >= 15 is 0 Å². The van der Waals surface area contributed by atoms with Gasteiger partial charge in [0.2, 0.25) is 5.24 Å². The number of nitrogens with zero attached hydrogens (tertiary/aromatic N) is 1. The minimum Gasteiger partial charge on any atom is -0.357 e. The first-order valence-electron chi connectivity index (χ1n) is 8.38. The van der Waals surface area contributed by atoms with Gasteiger partial charge in [-0.05, 0) is 42.0 Å². The fourth-order valence-corrected chi connectivity index (χ4v) is 3.43. The fourth-order valence-electron chi connectivity index (χ4n) is 3.16. The standard InChI is InChI=1S/C18H26ClNO3/c1-4-13-8-7-9-14(5-2)17(13)20(16(6-3)18(19)21)10-15-11-22-12-23-15/h7-9,15-16H,4-6,10-12H2,1-3H3. The Balaban J connectivity index is 2.45. The predicted octanol–water partition coefficient (Wildman–Crippen LogP) is 3.53. The molecule has 0 N–H and O–H groups in total. The zero-order valence-corrected chi connectivity index (χ0v) is 14.9. The summed E-state index contributed by atoms with van der Waals surface area (Å²) in [7, 11) is 0. The summed E-state index contributed by atoms with van der Waals surface area (Å²) in [6.07, 6.45) is 2.45. The van der Waals surface area contributed by atoms with Crippen molar-refractivity contribution in [2.45, 2.75) is 52.2 Å². The lowest BCUT2D eigenvalue weighted by molar-refractivity contribution is -0.113. The van der Waals surface area contributed by atoms with Gasteiger partial charge in [0.15, 0.2) is 0 Å². The Kier molecular flexibility index (Phi) is 6.88. The highest BCUT2D eigenvalue weighted by Gasteiger charge is 2.30. The summed E-state index contributed by atoms with van der Waals surface area (Å²) in [6, 6.07) is 5.98. The summed E-state index contributed by atoms with van der Waals surface area (Å²) in [5, 5.41) is -0.320. The highest BCUT2D eigenvalue weighted by molar-refractivity contribution is 6.65. The highest BCUT2D eigenvalue weighted by atomic mass is 35.5. The lowest BCUT2D eigenvalue weighted by atomic mass is 9.99. The molecule has 1 aromatic carbocycles. The van der Waals surface area contributed by atoms with Crippen molar-refractivity contribution in [1.29, 1.82) is 0 Å². The first kappa shape index (κ1) is 18.2. The van der Waals surface area contributed by atoms with Crippen LogP contribution in [0.3, 0.4) is 0 Å². The van der Waals surface area contributed by atoms with Crippen molar-refractivity contribution in [2.75, 3.05) is 24.8 Å². The maximum absolute atomic E-state index is 12.0. The van der Waals surface area contributed by atoms with E-state index < -0.39 is 0 Å². The van der Waals surface area contributed by atoms with Crippen molar-refractivity contribution < 1.29 is 14.3 Å². The molecular weight excluding hydrogens is 314 g/mol. The SMILES string of the molecule is CCc1cccc(CC)c1N(CC1COCO1)C(CC)C(=O)Cl. The first-order chi connectivity index (χ1) is 11.1. The van der Waals surface area contributed by atoms with Crippen molar-refractivity contribution >= 4 is 22.5 Å². The maximum Gasteiger partial charge on any atom is 0.244 e. The van der Waals surface area contributed by atoms with Gasteiger partial charge in [0.25, 0.3) is 0 Å². The number of halogens is 1. The summed E-state index contributed by atoms with van der Waals surface area (Å²) < 4.78 is 10.9. The maximum atomic E-state index is 12.0. The number of benzene rings is 1. The molecule has 2 rings (SSSR count).